The Morgan fingerprint density at radius 1 is 0.737 bits per heavy atom. The van der Waals surface area contributed by atoms with Crippen molar-refractivity contribution in [2.45, 2.75) is 65.9 Å². The maximum atomic E-state index is 10.6. The number of aliphatic hydroxyl groups excluding tert-OH is 3. The first kappa shape index (κ1) is 18.9. The van der Waals surface area contributed by atoms with Crippen molar-refractivity contribution in [3.8, 4) is 0 Å². The predicted molar refractivity (Wildman–Crippen MR) is 79.9 cm³/mol. The minimum atomic E-state index is -0.461. The Bertz CT molecular complexity index is 200. The molecule has 0 aliphatic carbocycles. The molecule has 0 fully saturated rings. The lowest BCUT2D eigenvalue weighted by atomic mass is 9.71. The summed E-state index contributed by atoms with van der Waals surface area (Å²) in [5.41, 5.74) is 0. The molecule has 0 radical (unpaired) electrons. The van der Waals surface area contributed by atoms with Gasteiger partial charge in [0, 0.05) is 19.1 Å². The average Bonchev–Trinajstić information content (AvgIpc) is 2.42. The Kier molecular flexibility index (Phi) is 10.6. The molecule has 0 aromatic heterocycles. The third-order valence-electron chi connectivity index (χ3n) is 4.69. The fourth-order valence-electron chi connectivity index (χ4n) is 3.33. The highest BCUT2D eigenvalue weighted by molar-refractivity contribution is 4.83. The quantitative estimate of drug-likeness (QED) is 0.543. The molecule has 0 bridgehead atoms. The highest BCUT2D eigenvalue weighted by atomic mass is 16.3. The van der Waals surface area contributed by atoms with Gasteiger partial charge in [0.05, 0.1) is 6.10 Å². The van der Waals surface area contributed by atoms with E-state index in [0.717, 1.165) is 32.1 Å². The number of rotatable bonds is 11. The summed E-state index contributed by atoms with van der Waals surface area (Å²) in [4.78, 5) is 0. The van der Waals surface area contributed by atoms with Crippen molar-refractivity contribution in [2.75, 3.05) is 13.2 Å². The second-order valence-electron chi connectivity index (χ2n) is 5.72. The van der Waals surface area contributed by atoms with Crippen LogP contribution in [-0.2, 0) is 0 Å². The Balaban J connectivity index is 5.00. The molecule has 0 heterocycles. The van der Waals surface area contributed by atoms with E-state index in [1.807, 2.05) is 6.92 Å². The van der Waals surface area contributed by atoms with E-state index in [-0.39, 0.29) is 31.0 Å². The fraction of sp³-hybridized carbons (Fsp3) is 1.00. The summed E-state index contributed by atoms with van der Waals surface area (Å²) in [5, 5.41) is 29.5. The van der Waals surface area contributed by atoms with Crippen LogP contribution in [-0.4, -0.2) is 34.6 Å². The lowest BCUT2D eigenvalue weighted by Crippen LogP contribution is -2.38. The molecule has 3 nitrogen and oxygen atoms in total. The summed E-state index contributed by atoms with van der Waals surface area (Å²) >= 11 is 0. The molecule has 0 aromatic carbocycles. The van der Waals surface area contributed by atoms with E-state index in [0.29, 0.717) is 5.92 Å². The van der Waals surface area contributed by atoms with E-state index in [2.05, 4.69) is 20.8 Å². The molecular formula is C16H34O3. The van der Waals surface area contributed by atoms with Gasteiger partial charge in [-0.05, 0) is 30.6 Å². The van der Waals surface area contributed by atoms with Crippen molar-refractivity contribution in [3.05, 3.63) is 0 Å². The maximum absolute atomic E-state index is 10.6. The topological polar surface area (TPSA) is 60.7 Å². The average molecular weight is 274 g/mol. The zero-order chi connectivity index (χ0) is 14.8. The smallest absolute Gasteiger partial charge is 0.0620 e. The largest absolute Gasteiger partial charge is 0.396 e. The van der Waals surface area contributed by atoms with E-state index >= 15 is 0 Å². The predicted octanol–water partition coefficient (Wildman–Crippen LogP) is 2.83. The van der Waals surface area contributed by atoms with Gasteiger partial charge in [-0.2, -0.15) is 0 Å². The second-order valence-corrected chi connectivity index (χ2v) is 5.72. The molecule has 0 saturated carbocycles. The number of aliphatic hydroxyl groups is 3. The molecule has 0 saturated heterocycles. The summed E-state index contributed by atoms with van der Waals surface area (Å²) in [6, 6.07) is 0. The highest BCUT2D eigenvalue weighted by Crippen LogP contribution is 2.35. The molecule has 0 unspecified atom stereocenters. The zero-order valence-corrected chi connectivity index (χ0v) is 13.2. The van der Waals surface area contributed by atoms with Crippen LogP contribution < -0.4 is 0 Å². The van der Waals surface area contributed by atoms with E-state index in [1.165, 1.54) is 0 Å². The summed E-state index contributed by atoms with van der Waals surface area (Å²) in [7, 11) is 0. The molecule has 19 heavy (non-hydrogen) atoms. The van der Waals surface area contributed by atoms with Crippen molar-refractivity contribution in [3.63, 3.8) is 0 Å². The van der Waals surface area contributed by atoms with Crippen molar-refractivity contribution >= 4 is 0 Å². The van der Waals surface area contributed by atoms with Crippen LogP contribution in [0.25, 0.3) is 0 Å². The van der Waals surface area contributed by atoms with Crippen molar-refractivity contribution in [1.29, 1.82) is 0 Å². The van der Waals surface area contributed by atoms with E-state index < -0.39 is 6.10 Å². The minimum Gasteiger partial charge on any atom is -0.396 e. The standard InChI is InChI=1S/C16H34O3/c1-5-9-15(12(6-2)10-17)14(8-4)16(19)13(7-3)11-18/h12-19H,5-11H2,1-4H3/t12-,13-,14+,15+,16+/m0/s1. The molecule has 0 aliphatic heterocycles. The fourth-order valence-corrected chi connectivity index (χ4v) is 3.33. The summed E-state index contributed by atoms with van der Waals surface area (Å²) < 4.78 is 0. The van der Waals surface area contributed by atoms with Gasteiger partial charge in [-0.15, -0.1) is 0 Å². The van der Waals surface area contributed by atoms with Gasteiger partial charge in [-0.3, -0.25) is 0 Å². The Morgan fingerprint density at radius 3 is 1.58 bits per heavy atom. The van der Waals surface area contributed by atoms with Crippen LogP contribution in [0.15, 0.2) is 0 Å². The first-order chi connectivity index (χ1) is 9.10. The van der Waals surface area contributed by atoms with Crippen molar-refractivity contribution < 1.29 is 15.3 Å². The maximum Gasteiger partial charge on any atom is 0.0620 e. The molecular weight excluding hydrogens is 240 g/mol. The van der Waals surface area contributed by atoms with Crippen LogP contribution in [0, 0.1) is 23.7 Å². The van der Waals surface area contributed by atoms with Crippen LogP contribution in [0.3, 0.4) is 0 Å². The summed E-state index contributed by atoms with van der Waals surface area (Å²) in [6.07, 6.45) is 4.29. The molecule has 0 aliphatic rings. The van der Waals surface area contributed by atoms with Crippen molar-refractivity contribution in [1.82, 2.24) is 0 Å². The van der Waals surface area contributed by atoms with Gasteiger partial charge >= 0.3 is 0 Å². The second kappa shape index (κ2) is 10.6. The first-order valence-electron chi connectivity index (χ1n) is 8.00. The Morgan fingerprint density at radius 2 is 1.26 bits per heavy atom. The third kappa shape index (κ3) is 5.41. The SMILES string of the molecule is CCC[C@H]([C@@H](CC)CO)[C@@H](CC)[C@H](O)[C@@H](CC)CO. The highest BCUT2D eigenvalue weighted by Gasteiger charge is 2.34. The molecule has 116 valence electrons. The van der Waals surface area contributed by atoms with Crippen LogP contribution in [0.2, 0.25) is 0 Å². The lowest BCUT2D eigenvalue weighted by molar-refractivity contribution is -0.0239. The number of hydrogen-bond acceptors (Lipinski definition) is 3. The minimum absolute atomic E-state index is 0.0412. The van der Waals surface area contributed by atoms with Crippen molar-refractivity contribution in [2.24, 2.45) is 23.7 Å². The first-order valence-corrected chi connectivity index (χ1v) is 8.00. The van der Waals surface area contributed by atoms with Crippen LogP contribution in [0.4, 0.5) is 0 Å². The summed E-state index contributed by atoms with van der Waals surface area (Å²) in [6.45, 7) is 8.61. The molecule has 0 rings (SSSR count). The molecule has 3 heteroatoms. The zero-order valence-electron chi connectivity index (χ0n) is 13.2. The van der Waals surface area contributed by atoms with Crippen LogP contribution >= 0.6 is 0 Å². The molecule has 0 amide bonds. The molecule has 3 N–H and O–H groups in total. The van der Waals surface area contributed by atoms with E-state index in [4.69, 9.17) is 0 Å². The van der Waals surface area contributed by atoms with E-state index in [1.54, 1.807) is 0 Å². The molecule has 0 spiro atoms. The Hall–Kier alpha value is -0.120. The van der Waals surface area contributed by atoms with Gasteiger partial charge in [-0.1, -0.05) is 47.0 Å². The van der Waals surface area contributed by atoms with Gasteiger partial charge < -0.3 is 15.3 Å². The normalized spacial score (nSPS) is 19.7. The third-order valence-corrected chi connectivity index (χ3v) is 4.69. The molecule has 5 atom stereocenters. The number of hydrogen-bond donors (Lipinski definition) is 3. The van der Waals surface area contributed by atoms with Gasteiger partial charge in [0.15, 0.2) is 0 Å². The lowest BCUT2D eigenvalue weighted by Gasteiger charge is -2.37. The van der Waals surface area contributed by atoms with Gasteiger partial charge in [-0.25, -0.2) is 0 Å². The van der Waals surface area contributed by atoms with Crippen LogP contribution in [0.5, 0.6) is 0 Å². The summed E-state index contributed by atoms with van der Waals surface area (Å²) in [5.74, 6) is 0.742. The van der Waals surface area contributed by atoms with Gasteiger partial charge in [0.2, 0.25) is 0 Å². The van der Waals surface area contributed by atoms with E-state index in [9.17, 15) is 15.3 Å². The molecule has 0 aromatic rings. The van der Waals surface area contributed by atoms with Gasteiger partial charge in [0.1, 0.15) is 0 Å². The Labute approximate surface area is 119 Å². The van der Waals surface area contributed by atoms with Crippen LogP contribution in [0.1, 0.15) is 59.8 Å². The van der Waals surface area contributed by atoms with Gasteiger partial charge in [0.25, 0.3) is 0 Å². The monoisotopic (exact) mass is 274 g/mol.